The fourth-order valence-corrected chi connectivity index (χ4v) is 6.92. The van der Waals surface area contributed by atoms with E-state index < -0.39 is 11.8 Å². The molecule has 0 unspecified atom stereocenters. The Hall–Kier alpha value is -4.61. The Kier molecular flexibility index (Phi) is 8.99. The van der Waals surface area contributed by atoms with Gasteiger partial charge in [0.1, 0.15) is 5.54 Å². The summed E-state index contributed by atoms with van der Waals surface area (Å²) in [4.78, 5) is 34.7. The van der Waals surface area contributed by atoms with Gasteiger partial charge in [0, 0.05) is 55.4 Å². The van der Waals surface area contributed by atoms with Crippen molar-refractivity contribution in [2.24, 2.45) is 0 Å². The van der Waals surface area contributed by atoms with Crippen molar-refractivity contribution < 1.29 is 24.2 Å². The highest BCUT2D eigenvalue weighted by molar-refractivity contribution is 6.04. The molecule has 3 fully saturated rings. The van der Waals surface area contributed by atoms with Gasteiger partial charge in [0.2, 0.25) is 5.91 Å². The highest BCUT2D eigenvalue weighted by Crippen LogP contribution is 2.40. The van der Waals surface area contributed by atoms with E-state index in [0.717, 1.165) is 48.3 Å². The predicted octanol–water partition coefficient (Wildman–Crippen LogP) is 4.80. The number of likely N-dealkylation sites (tertiary alicyclic amines) is 1. The van der Waals surface area contributed by atoms with Gasteiger partial charge < -0.3 is 35.0 Å². The van der Waals surface area contributed by atoms with Crippen LogP contribution in [0.3, 0.4) is 0 Å². The summed E-state index contributed by atoms with van der Waals surface area (Å²) in [6.45, 7) is 2.74. The number of hydrogen-bond acceptors (Lipinski definition) is 8. The molecule has 0 bridgehead atoms. The van der Waals surface area contributed by atoms with E-state index in [-0.39, 0.29) is 30.6 Å². The van der Waals surface area contributed by atoms with E-state index in [0.29, 0.717) is 30.9 Å². The summed E-state index contributed by atoms with van der Waals surface area (Å²) in [5, 5.41) is 15.6. The summed E-state index contributed by atoms with van der Waals surface area (Å²) >= 11 is 0. The Morgan fingerprint density at radius 2 is 1.77 bits per heavy atom. The Bertz CT molecular complexity index is 1680. The first kappa shape index (κ1) is 31.0. The van der Waals surface area contributed by atoms with Crippen LogP contribution in [-0.2, 0) is 20.9 Å². The maximum absolute atomic E-state index is 13.2. The van der Waals surface area contributed by atoms with Crippen molar-refractivity contribution in [3.63, 3.8) is 0 Å². The monoisotopic (exact) mass is 633 g/mol. The minimum atomic E-state index is -0.656. The average molecular weight is 634 g/mol. The fraction of sp³-hybridized carbons (Fsp3) is 0.324. The minimum Gasteiger partial charge on any atom is -0.392 e. The molecule has 3 aliphatic rings. The van der Waals surface area contributed by atoms with Gasteiger partial charge in [-0.1, -0.05) is 54.6 Å². The zero-order valence-electron chi connectivity index (χ0n) is 26.1. The summed E-state index contributed by atoms with van der Waals surface area (Å²) < 4.78 is 13.2. The molecule has 242 valence electrons. The number of para-hydroxylation sites is 1. The van der Waals surface area contributed by atoms with Crippen LogP contribution in [0.1, 0.15) is 58.7 Å². The van der Waals surface area contributed by atoms with Gasteiger partial charge in [-0.2, -0.15) is 0 Å². The van der Waals surface area contributed by atoms with Crippen LogP contribution in [0.15, 0.2) is 103 Å². The molecule has 0 aliphatic carbocycles. The molecular weight excluding hydrogens is 594 g/mol. The van der Waals surface area contributed by atoms with Gasteiger partial charge in [0.25, 0.3) is 5.91 Å². The van der Waals surface area contributed by atoms with Crippen molar-refractivity contribution in [1.29, 1.82) is 0 Å². The topological polar surface area (TPSA) is 116 Å². The second-order valence-electron chi connectivity index (χ2n) is 12.4. The largest absolute Gasteiger partial charge is 0.392 e. The lowest BCUT2D eigenvalue weighted by Gasteiger charge is -2.45. The van der Waals surface area contributed by atoms with Gasteiger partial charge in [-0.15, -0.1) is 0 Å². The summed E-state index contributed by atoms with van der Waals surface area (Å²) in [7, 11) is 0. The molecule has 47 heavy (non-hydrogen) atoms. The first-order valence-electron chi connectivity index (χ1n) is 16.2. The third kappa shape index (κ3) is 6.63. The van der Waals surface area contributed by atoms with Crippen molar-refractivity contribution in [3.05, 3.63) is 126 Å². The first-order valence-corrected chi connectivity index (χ1v) is 16.2. The lowest BCUT2D eigenvalue weighted by Crippen LogP contribution is -2.57. The molecule has 2 amide bonds. The SMILES string of the molecule is O=C(Nc1cccc([C@H]2O[C@@H](CN3CCC4(CC3)C(=O)NCN4c3ccccc3)C[C@@H](c3ccc(CO)cc3)O2)c1)c1cccnc1. The Morgan fingerprint density at radius 1 is 0.957 bits per heavy atom. The number of anilines is 2. The number of pyridine rings is 1. The van der Waals surface area contributed by atoms with Crippen LogP contribution in [-0.4, -0.2) is 64.8 Å². The van der Waals surface area contributed by atoms with Crippen LogP contribution in [0.25, 0.3) is 0 Å². The molecule has 0 radical (unpaired) electrons. The van der Waals surface area contributed by atoms with Crippen LogP contribution >= 0.6 is 0 Å². The number of piperidine rings is 1. The standard InChI is InChI=1S/C37H39N5O5/c43-24-26-11-13-27(14-12-26)33-21-32(23-41-18-15-37(16-19-41)36(45)39-25-42(37)31-9-2-1-3-10-31)46-35(47-33)28-6-4-8-30(20-28)40-34(44)29-7-5-17-38-22-29/h1-14,17,20,22,32-33,35,43H,15-16,18-19,21,23-25H2,(H,39,45)(H,40,44)/t32-,33+,35+/m1/s1. The fourth-order valence-electron chi connectivity index (χ4n) is 6.92. The highest BCUT2D eigenvalue weighted by atomic mass is 16.7. The maximum atomic E-state index is 13.2. The summed E-state index contributed by atoms with van der Waals surface area (Å²) in [5.41, 5.74) is 4.27. The number of rotatable bonds is 8. The zero-order chi connectivity index (χ0) is 32.2. The highest BCUT2D eigenvalue weighted by Gasteiger charge is 2.50. The van der Waals surface area contributed by atoms with Gasteiger partial charge >= 0.3 is 0 Å². The van der Waals surface area contributed by atoms with Gasteiger partial charge in [-0.05, 0) is 60.4 Å². The van der Waals surface area contributed by atoms with Crippen LogP contribution < -0.4 is 15.5 Å². The molecular formula is C37H39N5O5. The molecule has 1 aromatic heterocycles. The molecule has 0 saturated carbocycles. The quantitative estimate of drug-likeness (QED) is 0.254. The number of benzene rings is 3. The number of aliphatic hydroxyl groups excluding tert-OH is 1. The molecule has 3 atom stereocenters. The first-order chi connectivity index (χ1) is 23.0. The number of carbonyl (C=O) groups is 2. The second kappa shape index (κ2) is 13.6. The van der Waals surface area contributed by atoms with Gasteiger partial charge in [0.05, 0.1) is 31.0 Å². The van der Waals surface area contributed by atoms with E-state index in [1.54, 1.807) is 18.3 Å². The molecule has 4 heterocycles. The lowest BCUT2D eigenvalue weighted by atomic mass is 9.85. The maximum Gasteiger partial charge on any atom is 0.257 e. The predicted molar refractivity (Wildman–Crippen MR) is 177 cm³/mol. The minimum absolute atomic E-state index is 0.0199. The summed E-state index contributed by atoms with van der Waals surface area (Å²) in [6.07, 6.45) is 4.25. The van der Waals surface area contributed by atoms with E-state index >= 15 is 0 Å². The second-order valence-corrected chi connectivity index (χ2v) is 12.4. The van der Waals surface area contributed by atoms with Crippen molar-refractivity contribution >= 4 is 23.2 Å². The van der Waals surface area contributed by atoms with E-state index in [1.807, 2.05) is 66.7 Å². The molecule has 3 N–H and O–H groups in total. The van der Waals surface area contributed by atoms with Crippen LogP contribution in [0, 0.1) is 0 Å². The number of hydrogen-bond donors (Lipinski definition) is 3. The van der Waals surface area contributed by atoms with E-state index in [2.05, 4.69) is 37.6 Å². The average Bonchev–Trinajstić information content (AvgIpc) is 3.44. The van der Waals surface area contributed by atoms with Crippen molar-refractivity contribution in [1.82, 2.24) is 15.2 Å². The Morgan fingerprint density at radius 3 is 2.51 bits per heavy atom. The van der Waals surface area contributed by atoms with Crippen LogP contribution in [0.2, 0.25) is 0 Å². The third-order valence-corrected chi connectivity index (χ3v) is 9.51. The molecule has 10 heteroatoms. The van der Waals surface area contributed by atoms with Gasteiger partial charge in [-0.3, -0.25) is 14.6 Å². The van der Waals surface area contributed by atoms with Crippen molar-refractivity contribution in [3.8, 4) is 0 Å². The number of amides is 2. The van der Waals surface area contributed by atoms with Gasteiger partial charge in [-0.25, -0.2) is 0 Å². The normalized spacial score (nSPS) is 22.6. The zero-order valence-corrected chi connectivity index (χ0v) is 26.1. The number of ether oxygens (including phenoxy) is 2. The van der Waals surface area contributed by atoms with Crippen LogP contribution in [0.4, 0.5) is 11.4 Å². The molecule has 7 rings (SSSR count). The smallest absolute Gasteiger partial charge is 0.257 e. The Balaban J connectivity index is 1.07. The number of aromatic nitrogens is 1. The molecule has 3 saturated heterocycles. The molecule has 4 aromatic rings. The van der Waals surface area contributed by atoms with E-state index in [9.17, 15) is 14.7 Å². The van der Waals surface area contributed by atoms with Gasteiger partial charge in [0.15, 0.2) is 6.29 Å². The Labute approximate surface area is 274 Å². The molecule has 10 nitrogen and oxygen atoms in total. The lowest BCUT2D eigenvalue weighted by molar-refractivity contribution is -0.253. The van der Waals surface area contributed by atoms with E-state index in [1.165, 1.54) is 6.20 Å². The number of nitrogens with zero attached hydrogens (tertiary/aromatic N) is 3. The number of carbonyl (C=O) groups excluding carboxylic acids is 2. The third-order valence-electron chi connectivity index (χ3n) is 9.51. The summed E-state index contributed by atoms with van der Waals surface area (Å²) in [6, 6.07) is 29.0. The molecule has 1 spiro atoms. The molecule has 3 aliphatic heterocycles. The summed E-state index contributed by atoms with van der Waals surface area (Å²) in [5.74, 6) is -0.143. The van der Waals surface area contributed by atoms with Crippen molar-refractivity contribution in [2.75, 3.05) is 36.5 Å². The number of nitrogens with one attached hydrogen (secondary N) is 2. The van der Waals surface area contributed by atoms with E-state index in [4.69, 9.17) is 9.47 Å². The van der Waals surface area contributed by atoms with Crippen molar-refractivity contribution in [2.45, 2.75) is 49.9 Å². The number of aliphatic hydroxyl groups is 1. The van der Waals surface area contributed by atoms with Crippen LogP contribution in [0.5, 0.6) is 0 Å². The molecule has 3 aromatic carbocycles.